The Bertz CT molecular complexity index is 613. The van der Waals surface area contributed by atoms with Gasteiger partial charge in [-0.3, -0.25) is 4.79 Å². The third-order valence-corrected chi connectivity index (χ3v) is 2.99. The van der Waals surface area contributed by atoms with Crippen molar-refractivity contribution in [2.75, 3.05) is 31.7 Å². The lowest BCUT2D eigenvalue weighted by molar-refractivity contribution is -0.153. The van der Waals surface area contributed by atoms with Gasteiger partial charge in [0.15, 0.2) is 12.7 Å². The van der Waals surface area contributed by atoms with E-state index < -0.39 is 36.5 Å². The van der Waals surface area contributed by atoms with Crippen molar-refractivity contribution in [1.29, 1.82) is 0 Å². The van der Waals surface area contributed by atoms with E-state index >= 15 is 0 Å². The summed E-state index contributed by atoms with van der Waals surface area (Å²) in [6.07, 6.45) is -5.52. The van der Waals surface area contributed by atoms with Gasteiger partial charge in [-0.05, 0) is 18.2 Å². The number of carboxylic acids is 1. The summed E-state index contributed by atoms with van der Waals surface area (Å²) in [7, 11) is 0. The second kappa shape index (κ2) is 7.49. The van der Waals surface area contributed by atoms with Crippen molar-refractivity contribution in [2.24, 2.45) is 0 Å². The molecule has 0 radical (unpaired) electrons. The van der Waals surface area contributed by atoms with Gasteiger partial charge in [0.2, 0.25) is 0 Å². The molecule has 1 heterocycles. The largest absolute Gasteiger partial charge is 0.482 e. The number of carbonyl (C=O) groups is 2. The molecule has 0 spiro atoms. The van der Waals surface area contributed by atoms with Crippen molar-refractivity contribution in [3.8, 4) is 5.75 Å². The number of ether oxygens (including phenoxy) is 3. The van der Waals surface area contributed by atoms with Crippen LogP contribution in [0.1, 0.15) is 10.4 Å². The fourth-order valence-corrected chi connectivity index (χ4v) is 1.89. The van der Waals surface area contributed by atoms with Gasteiger partial charge in [0, 0.05) is 0 Å². The Kier molecular flexibility index (Phi) is 5.62. The van der Waals surface area contributed by atoms with Gasteiger partial charge in [-0.15, -0.1) is 0 Å². The van der Waals surface area contributed by atoms with E-state index in [2.05, 4.69) is 10.1 Å². The van der Waals surface area contributed by atoms with Gasteiger partial charge in [-0.25, -0.2) is 4.79 Å². The molecule has 1 amide bonds. The minimum Gasteiger partial charge on any atom is -0.482 e. The Hall–Kier alpha value is -2.33. The van der Waals surface area contributed by atoms with Crippen LogP contribution in [0.4, 0.5) is 18.9 Å². The molecule has 0 aliphatic carbocycles. The summed E-state index contributed by atoms with van der Waals surface area (Å²) in [5, 5.41) is 11.3. The molecule has 2 rings (SSSR count). The highest BCUT2D eigenvalue weighted by molar-refractivity contribution is 5.97. The van der Waals surface area contributed by atoms with Crippen LogP contribution in [-0.4, -0.2) is 55.7 Å². The molecule has 1 saturated heterocycles. The third kappa shape index (κ3) is 5.10. The van der Waals surface area contributed by atoms with E-state index in [1.165, 1.54) is 0 Å². The number of benzene rings is 1. The highest BCUT2D eigenvalue weighted by atomic mass is 19.4. The zero-order valence-corrected chi connectivity index (χ0v) is 12.3. The number of rotatable bonds is 5. The van der Waals surface area contributed by atoms with E-state index in [4.69, 9.17) is 14.6 Å². The molecule has 132 valence electrons. The lowest BCUT2D eigenvalue weighted by Crippen LogP contribution is -2.39. The van der Waals surface area contributed by atoms with Crippen LogP contribution in [0.15, 0.2) is 18.2 Å². The summed E-state index contributed by atoms with van der Waals surface area (Å²) in [5.74, 6) is -2.37. The fraction of sp³-hybridized carbons (Fsp3) is 0.429. The van der Waals surface area contributed by atoms with Crippen molar-refractivity contribution in [3.63, 3.8) is 0 Å². The molecule has 2 N–H and O–H groups in total. The second-order valence-electron chi connectivity index (χ2n) is 4.84. The van der Waals surface area contributed by atoms with Crippen LogP contribution < -0.4 is 10.1 Å². The molecule has 24 heavy (non-hydrogen) atoms. The molecular formula is C14H14F3NO6. The lowest BCUT2D eigenvalue weighted by Gasteiger charge is -2.22. The highest BCUT2D eigenvalue weighted by Gasteiger charge is 2.30. The Labute approximate surface area is 134 Å². The number of anilines is 1. The van der Waals surface area contributed by atoms with Crippen LogP contribution in [0, 0.1) is 0 Å². The first kappa shape index (κ1) is 18.0. The number of alkyl halides is 3. The van der Waals surface area contributed by atoms with Crippen LogP contribution in [-0.2, 0) is 14.3 Å². The second-order valence-corrected chi connectivity index (χ2v) is 4.84. The van der Waals surface area contributed by atoms with Gasteiger partial charge in [-0.1, -0.05) is 0 Å². The van der Waals surface area contributed by atoms with Gasteiger partial charge < -0.3 is 24.6 Å². The third-order valence-electron chi connectivity index (χ3n) is 2.99. The number of halogens is 3. The summed E-state index contributed by atoms with van der Waals surface area (Å²) >= 11 is 0. The van der Waals surface area contributed by atoms with Crippen molar-refractivity contribution in [3.05, 3.63) is 23.8 Å². The summed E-state index contributed by atoms with van der Waals surface area (Å²) in [6, 6.07) is 3.19. The number of hydrogen-bond acceptors (Lipinski definition) is 5. The number of aromatic carboxylic acids is 1. The van der Waals surface area contributed by atoms with Gasteiger partial charge in [0.25, 0.3) is 5.91 Å². The van der Waals surface area contributed by atoms with Crippen molar-refractivity contribution >= 4 is 17.6 Å². The van der Waals surface area contributed by atoms with E-state index in [0.29, 0.717) is 6.61 Å². The number of hydrogen-bond donors (Lipinski definition) is 2. The standard InChI is InChI=1S/C14H14F3NO6/c15-14(16,17)7-24-10-5-8(13(20)21)1-2-9(10)18-12(19)11-6-22-3-4-23-11/h1-2,5,11H,3-4,6-7H2,(H,18,19)(H,20,21). The molecule has 0 bridgehead atoms. The molecule has 1 aromatic carbocycles. The number of carbonyl (C=O) groups excluding carboxylic acids is 1. The highest BCUT2D eigenvalue weighted by Crippen LogP contribution is 2.28. The molecule has 1 unspecified atom stereocenters. The quantitative estimate of drug-likeness (QED) is 0.840. The average molecular weight is 349 g/mol. The summed E-state index contributed by atoms with van der Waals surface area (Å²) in [6.45, 7) is -1.05. The van der Waals surface area contributed by atoms with Gasteiger partial charge in [0.05, 0.1) is 31.1 Å². The predicted octanol–water partition coefficient (Wildman–Crippen LogP) is 1.68. The van der Waals surface area contributed by atoms with Crippen LogP contribution in [0.25, 0.3) is 0 Å². The predicted molar refractivity (Wildman–Crippen MR) is 74.1 cm³/mol. The van der Waals surface area contributed by atoms with Crippen LogP contribution >= 0.6 is 0 Å². The molecule has 1 atom stereocenters. The monoisotopic (exact) mass is 349 g/mol. The van der Waals surface area contributed by atoms with Crippen molar-refractivity contribution in [1.82, 2.24) is 0 Å². The topological polar surface area (TPSA) is 94.1 Å². The zero-order chi connectivity index (χ0) is 17.7. The summed E-state index contributed by atoms with van der Waals surface area (Å²) in [4.78, 5) is 23.0. The Morgan fingerprint density at radius 2 is 2.08 bits per heavy atom. The molecule has 1 fully saturated rings. The lowest BCUT2D eigenvalue weighted by atomic mass is 10.2. The molecule has 0 aromatic heterocycles. The van der Waals surface area contributed by atoms with Gasteiger partial charge in [0.1, 0.15) is 5.75 Å². The van der Waals surface area contributed by atoms with E-state index in [1.54, 1.807) is 0 Å². The van der Waals surface area contributed by atoms with E-state index in [0.717, 1.165) is 18.2 Å². The Balaban J connectivity index is 2.16. The molecule has 1 aliphatic heterocycles. The molecular weight excluding hydrogens is 335 g/mol. The van der Waals surface area contributed by atoms with Crippen molar-refractivity contribution < 1.29 is 42.1 Å². The first-order valence-corrected chi connectivity index (χ1v) is 6.83. The normalized spacial score (nSPS) is 18.0. The molecule has 1 aromatic rings. The van der Waals surface area contributed by atoms with Crippen LogP contribution in [0.5, 0.6) is 5.75 Å². The van der Waals surface area contributed by atoms with Gasteiger partial charge >= 0.3 is 12.1 Å². The number of nitrogens with one attached hydrogen (secondary N) is 1. The van der Waals surface area contributed by atoms with Crippen LogP contribution in [0.2, 0.25) is 0 Å². The average Bonchev–Trinajstić information content (AvgIpc) is 2.53. The summed E-state index contributed by atoms with van der Waals surface area (Å²) in [5.41, 5.74) is -0.370. The van der Waals surface area contributed by atoms with Crippen LogP contribution in [0.3, 0.4) is 0 Å². The molecule has 0 saturated carbocycles. The smallest absolute Gasteiger partial charge is 0.422 e. The minimum atomic E-state index is -4.61. The molecule has 7 nitrogen and oxygen atoms in total. The maximum absolute atomic E-state index is 12.3. The zero-order valence-electron chi connectivity index (χ0n) is 12.3. The van der Waals surface area contributed by atoms with E-state index in [9.17, 15) is 22.8 Å². The molecule has 1 aliphatic rings. The first-order chi connectivity index (χ1) is 11.3. The minimum absolute atomic E-state index is 0.0117. The van der Waals surface area contributed by atoms with Gasteiger partial charge in [-0.2, -0.15) is 13.2 Å². The maximum atomic E-state index is 12.3. The SMILES string of the molecule is O=C(O)c1ccc(NC(=O)C2COCCO2)c(OCC(F)(F)F)c1. The number of carboxylic acid groups (broad SMARTS) is 1. The number of amides is 1. The Morgan fingerprint density at radius 3 is 2.67 bits per heavy atom. The first-order valence-electron chi connectivity index (χ1n) is 6.83. The van der Waals surface area contributed by atoms with Crippen molar-refractivity contribution in [2.45, 2.75) is 12.3 Å². The van der Waals surface area contributed by atoms with E-state index in [1.807, 2.05) is 0 Å². The Morgan fingerprint density at radius 1 is 1.33 bits per heavy atom. The molecule has 10 heteroatoms. The fourth-order valence-electron chi connectivity index (χ4n) is 1.89. The maximum Gasteiger partial charge on any atom is 0.422 e. The van der Waals surface area contributed by atoms with E-state index in [-0.39, 0.29) is 24.5 Å². The summed E-state index contributed by atoms with van der Waals surface area (Å²) < 4.78 is 51.8.